The monoisotopic (exact) mass is 296 g/mol. The number of hydrogen-bond donors (Lipinski definition) is 1. The molecule has 0 spiro atoms. The smallest absolute Gasteiger partial charge is 0.0509 e. The van der Waals surface area contributed by atoms with Crippen LogP contribution < -0.4 is 5.73 Å². The first-order valence-electron chi connectivity index (χ1n) is 7.77. The number of halogens is 1. The number of benzene rings is 1. The van der Waals surface area contributed by atoms with E-state index in [4.69, 9.17) is 17.3 Å². The Morgan fingerprint density at radius 3 is 2.00 bits per heavy atom. The SMILES string of the molecule is CCCCN(CCCC)CC(C)(N)c1ccc(Cl)cc1. The summed E-state index contributed by atoms with van der Waals surface area (Å²) in [6, 6.07) is 7.93. The molecule has 2 nitrogen and oxygen atoms in total. The van der Waals surface area contributed by atoms with Gasteiger partial charge in [0.15, 0.2) is 0 Å². The molecule has 0 radical (unpaired) electrons. The summed E-state index contributed by atoms with van der Waals surface area (Å²) in [6.07, 6.45) is 4.93. The Labute approximate surface area is 129 Å². The highest BCUT2D eigenvalue weighted by Crippen LogP contribution is 2.21. The molecule has 1 aromatic rings. The highest BCUT2D eigenvalue weighted by Gasteiger charge is 2.24. The van der Waals surface area contributed by atoms with Crippen molar-refractivity contribution in [3.63, 3.8) is 0 Å². The molecule has 0 heterocycles. The van der Waals surface area contributed by atoms with Crippen molar-refractivity contribution in [2.45, 2.75) is 52.0 Å². The second-order valence-electron chi connectivity index (χ2n) is 5.91. The molecule has 0 saturated heterocycles. The molecular weight excluding hydrogens is 268 g/mol. The molecule has 0 aliphatic rings. The molecular formula is C17H29ClN2. The predicted molar refractivity (Wildman–Crippen MR) is 89.2 cm³/mol. The predicted octanol–water partition coefficient (Wildman–Crippen LogP) is 4.42. The van der Waals surface area contributed by atoms with Crippen LogP contribution in [-0.2, 0) is 5.54 Å². The first-order valence-corrected chi connectivity index (χ1v) is 8.14. The Hall–Kier alpha value is -0.570. The van der Waals surface area contributed by atoms with E-state index in [9.17, 15) is 0 Å². The van der Waals surface area contributed by atoms with E-state index in [1.807, 2.05) is 24.3 Å². The van der Waals surface area contributed by atoms with Gasteiger partial charge in [-0.3, -0.25) is 0 Å². The van der Waals surface area contributed by atoms with Gasteiger partial charge in [-0.15, -0.1) is 0 Å². The lowest BCUT2D eigenvalue weighted by Gasteiger charge is -2.33. The van der Waals surface area contributed by atoms with Gasteiger partial charge < -0.3 is 10.6 Å². The third kappa shape index (κ3) is 5.82. The Balaban J connectivity index is 2.70. The molecule has 0 aromatic heterocycles. The normalized spacial score (nSPS) is 14.5. The van der Waals surface area contributed by atoms with Gasteiger partial charge >= 0.3 is 0 Å². The number of nitrogens with zero attached hydrogens (tertiary/aromatic N) is 1. The molecule has 114 valence electrons. The standard InChI is InChI=1S/C17H29ClN2/c1-4-6-12-20(13-7-5-2)14-17(3,19)15-8-10-16(18)11-9-15/h8-11H,4-7,12-14,19H2,1-3H3. The van der Waals surface area contributed by atoms with E-state index in [1.54, 1.807) is 0 Å². The molecule has 20 heavy (non-hydrogen) atoms. The third-order valence-corrected chi connectivity index (χ3v) is 3.96. The minimum absolute atomic E-state index is 0.327. The fourth-order valence-corrected chi connectivity index (χ4v) is 2.55. The van der Waals surface area contributed by atoms with Gasteiger partial charge in [0.2, 0.25) is 0 Å². The van der Waals surface area contributed by atoms with Crippen LogP contribution in [0.1, 0.15) is 52.0 Å². The lowest BCUT2D eigenvalue weighted by Crippen LogP contribution is -2.46. The summed E-state index contributed by atoms with van der Waals surface area (Å²) >= 11 is 5.95. The van der Waals surface area contributed by atoms with E-state index in [-0.39, 0.29) is 5.54 Å². The van der Waals surface area contributed by atoms with E-state index in [0.717, 1.165) is 30.2 Å². The summed E-state index contributed by atoms with van der Waals surface area (Å²) < 4.78 is 0. The van der Waals surface area contributed by atoms with Crippen molar-refractivity contribution in [2.24, 2.45) is 5.73 Å². The zero-order chi connectivity index (χ0) is 15.0. The molecule has 1 rings (SSSR count). The van der Waals surface area contributed by atoms with Gasteiger partial charge in [0.1, 0.15) is 0 Å². The Bertz CT molecular complexity index is 365. The van der Waals surface area contributed by atoms with Gasteiger partial charge in [0.05, 0.1) is 5.54 Å². The van der Waals surface area contributed by atoms with Crippen LogP contribution >= 0.6 is 11.6 Å². The fourth-order valence-electron chi connectivity index (χ4n) is 2.42. The molecule has 1 unspecified atom stereocenters. The molecule has 0 amide bonds. The second kappa shape index (κ2) is 8.66. The molecule has 0 aliphatic carbocycles. The first-order chi connectivity index (χ1) is 9.49. The Kier molecular flexibility index (Phi) is 7.57. The lowest BCUT2D eigenvalue weighted by atomic mass is 9.92. The molecule has 0 fully saturated rings. The molecule has 0 aliphatic heterocycles. The molecule has 0 saturated carbocycles. The average molecular weight is 297 g/mol. The van der Waals surface area contributed by atoms with Gasteiger partial charge in [0.25, 0.3) is 0 Å². The molecule has 0 bridgehead atoms. The van der Waals surface area contributed by atoms with E-state index in [2.05, 4.69) is 25.7 Å². The largest absolute Gasteiger partial charge is 0.321 e. The van der Waals surface area contributed by atoms with E-state index < -0.39 is 0 Å². The highest BCUT2D eigenvalue weighted by molar-refractivity contribution is 6.30. The van der Waals surface area contributed by atoms with Crippen LogP contribution in [0.2, 0.25) is 5.02 Å². The topological polar surface area (TPSA) is 29.3 Å². The van der Waals surface area contributed by atoms with Crippen LogP contribution in [0.3, 0.4) is 0 Å². The quantitative estimate of drug-likeness (QED) is 0.731. The van der Waals surface area contributed by atoms with Crippen molar-refractivity contribution < 1.29 is 0 Å². The van der Waals surface area contributed by atoms with Crippen molar-refractivity contribution in [2.75, 3.05) is 19.6 Å². The number of nitrogens with two attached hydrogens (primary N) is 1. The van der Waals surface area contributed by atoms with E-state index in [0.29, 0.717) is 0 Å². The highest BCUT2D eigenvalue weighted by atomic mass is 35.5. The summed E-state index contributed by atoms with van der Waals surface area (Å²) in [5, 5.41) is 0.762. The van der Waals surface area contributed by atoms with Gasteiger partial charge in [-0.1, -0.05) is 50.4 Å². The van der Waals surface area contributed by atoms with E-state index in [1.165, 1.54) is 25.7 Å². The maximum atomic E-state index is 6.55. The summed E-state index contributed by atoms with van der Waals surface area (Å²) in [4.78, 5) is 2.50. The van der Waals surface area contributed by atoms with Crippen molar-refractivity contribution >= 4 is 11.6 Å². The molecule has 1 aromatic carbocycles. The minimum atomic E-state index is -0.327. The molecule has 3 heteroatoms. The summed E-state index contributed by atoms with van der Waals surface area (Å²) in [6.45, 7) is 9.75. The maximum Gasteiger partial charge on any atom is 0.0509 e. The summed E-state index contributed by atoms with van der Waals surface area (Å²) in [5.74, 6) is 0. The van der Waals surface area contributed by atoms with Crippen molar-refractivity contribution in [3.05, 3.63) is 34.9 Å². The number of rotatable bonds is 9. The van der Waals surface area contributed by atoms with Gasteiger partial charge in [-0.05, 0) is 50.6 Å². The van der Waals surface area contributed by atoms with E-state index >= 15 is 0 Å². The number of unbranched alkanes of at least 4 members (excludes halogenated alkanes) is 2. The average Bonchev–Trinajstić information content (AvgIpc) is 2.42. The lowest BCUT2D eigenvalue weighted by molar-refractivity contribution is 0.211. The van der Waals surface area contributed by atoms with Crippen LogP contribution in [0, 0.1) is 0 Å². The zero-order valence-corrected chi connectivity index (χ0v) is 13.9. The Morgan fingerprint density at radius 1 is 1.05 bits per heavy atom. The van der Waals surface area contributed by atoms with Crippen molar-refractivity contribution in [1.29, 1.82) is 0 Å². The molecule has 1 atom stereocenters. The second-order valence-corrected chi connectivity index (χ2v) is 6.34. The van der Waals surface area contributed by atoms with Crippen molar-refractivity contribution in [1.82, 2.24) is 4.90 Å². The minimum Gasteiger partial charge on any atom is -0.321 e. The number of hydrogen-bond acceptors (Lipinski definition) is 2. The molecule has 2 N–H and O–H groups in total. The zero-order valence-electron chi connectivity index (χ0n) is 13.2. The summed E-state index contributed by atoms with van der Waals surface area (Å²) in [5.41, 5.74) is 7.37. The van der Waals surface area contributed by atoms with Crippen LogP contribution in [0.4, 0.5) is 0 Å². The summed E-state index contributed by atoms with van der Waals surface area (Å²) in [7, 11) is 0. The van der Waals surface area contributed by atoms with Crippen LogP contribution in [0.15, 0.2) is 24.3 Å². The maximum absolute atomic E-state index is 6.55. The first kappa shape index (κ1) is 17.5. The van der Waals surface area contributed by atoms with Gasteiger partial charge in [-0.2, -0.15) is 0 Å². The van der Waals surface area contributed by atoms with Gasteiger partial charge in [0, 0.05) is 11.6 Å². The van der Waals surface area contributed by atoms with Gasteiger partial charge in [-0.25, -0.2) is 0 Å². The van der Waals surface area contributed by atoms with Crippen molar-refractivity contribution in [3.8, 4) is 0 Å². The van der Waals surface area contributed by atoms with Crippen LogP contribution in [0.25, 0.3) is 0 Å². The van der Waals surface area contributed by atoms with Crippen LogP contribution in [0.5, 0.6) is 0 Å². The fraction of sp³-hybridized carbons (Fsp3) is 0.647. The Morgan fingerprint density at radius 2 is 1.55 bits per heavy atom. The third-order valence-electron chi connectivity index (χ3n) is 3.71. The van der Waals surface area contributed by atoms with Crippen LogP contribution in [-0.4, -0.2) is 24.5 Å².